The topological polar surface area (TPSA) is 98.7 Å². The first-order valence-corrected chi connectivity index (χ1v) is 6.72. The molecule has 0 bridgehead atoms. The molecule has 1 aliphatic carbocycles. The Morgan fingerprint density at radius 1 is 1.38 bits per heavy atom. The number of hydrogen-bond donors (Lipinski definition) is 2. The number of nitrogens with one attached hydrogen (secondary N) is 1. The highest BCUT2D eigenvalue weighted by Crippen LogP contribution is 2.29. The number of tetrazole rings is 1. The highest BCUT2D eigenvalue weighted by Gasteiger charge is 2.37. The molecule has 1 aromatic heterocycles. The van der Waals surface area contributed by atoms with E-state index < -0.39 is 11.4 Å². The average molecular weight is 290 g/mol. The molecule has 8 heteroatoms. The number of rotatable bonds is 3. The van der Waals surface area contributed by atoms with Crippen LogP contribution < -0.4 is 11.1 Å². The van der Waals surface area contributed by atoms with Crippen molar-refractivity contribution in [1.82, 2.24) is 20.2 Å². The van der Waals surface area contributed by atoms with Crippen LogP contribution in [0.5, 0.6) is 0 Å². The molecule has 3 N–H and O–H groups in total. The van der Waals surface area contributed by atoms with E-state index in [1.165, 1.54) is 29.2 Å². The number of hydrogen-bond acceptors (Lipinski definition) is 5. The lowest BCUT2D eigenvalue weighted by Gasteiger charge is -2.22. The van der Waals surface area contributed by atoms with Crippen molar-refractivity contribution < 1.29 is 9.18 Å². The molecule has 1 heterocycles. The molecular formula is C13H15FN6O. The summed E-state index contributed by atoms with van der Waals surface area (Å²) in [5, 5.41) is 13.3. The van der Waals surface area contributed by atoms with Crippen LogP contribution >= 0.6 is 0 Å². The van der Waals surface area contributed by atoms with Crippen molar-refractivity contribution in [2.45, 2.75) is 31.2 Å². The van der Waals surface area contributed by atoms with E-state index in [4.69, 9.17) is 5.73 Å². The minimum atomic E-state index is -0.906. The molecule has 1 amide bonds. The normalized spacial score (nSPS) is 16.9. The van der Waals surface area contributed by atoms with Gasteiger partial charge in [-0.3, -0.25) is 4.79 Å². The summed E-state index contributed by atoms with van der Waals surface area (Å²) in [5.74, 6) is -0.880. The minimum Gasteiger partial charge on any atom is -0.322 e. The molecule has 3 rings (SSSR count). The van der Waals surface area contributed by atoms with Gasteiger partial charge < -0.3 is 11.1 Å². The van der Waals surface area contributed by atoms with Crippen molar-refractivity contribution in [2.75, 3.05) is 5.32 Å². The molecule has 1 aliphatic rings. The van der Waals surface area contributed by atoms with Crippen molar-refractivity contribution in [2.24, 2.45) is 5.73 Å². The number of aromatic nitrogens is 4. The van der Waals surface area contributed by atoms with E-state index in [0.29, 0.717) is 18.5 Å². The fourth-order valence-electron chi connectivity index (χ4n) is 2.51. The van der Waals surface area contributed by atoms with Crippen LogP contribution in [0.1, 0.15) is 25.7 Å². The number of amides is 1. The highest BCUT2D eigenvalue weighted by molar-refractivity contribution is 5.98. The van der Waals surface area contributed by atoms with Crippen LogP contribution in [0.15, 0.2) is 24.5 Å². The number of benzene rings is 1. The second-order valence-electron chi connectivity index (χ2n) is 5.24. The number of carbonyl (C=O) groups is 1. The molecule has 1 fully saturated rings. The Morgan fingerprint density at radius 2 is 2.14 bits per heavy atom. The molecule has 21 heavy (non-hydrogen) atoms. The summed E-state index contributed by atoms with van der Waals surface area (Å²) in [4.78, 5) is 12.2. The maximum absolute atomic E-state index is 13.9. The van der Waals surface area contributed by atoms with Crippen molar-refractivity contribution in [3.05, 3.63) is 30.3 Å². The summed E-state index contributed by atoms with van der Waals surface area (Å²) < 4.78 is 15.2. The van der Waals surface area contributed by atoms with E-state index in [0.717, 1.165) is 12.8 Å². The fourth-order valence-corrected chi connectivity index (χ4v) is 2.51. The lowest BCUT2D eigenvalue weighted by Crippen LogP contribution is -2.48. The number of nitrogens with zero attached hydrogens (tertiary/aromatic N) is 4. The zero-order valence-corrected chi connectivity index (χ0v) is 11.3. The largest absolute Gasteiger partial charge is 0.322 e. The molecule has 0 atom stereocenters. The standard InChI is InChI=1S/C13H15FN6O/c14-10-4-3-9(20-8-16-18-19-20)7-11(10)17-12(21)13(15)5-1-2-6-13/h3-4,7-8H,1-2,5-6,15H2,(H,17,21). The summed E-state index contributed by atoms with van der Waals surface area (Å²) in [6, 6.07) is 4.25. The van der Waals surface area contributed by atoms with Crippen LogP contribution in [0.25, 0.3) is 5.69 Å². The number of halogens is 1. The SMILES string of the molecule is NC1(C(=O)Nc2cc(-n3cnnn3)ccc2F)CCCC1. The van der Waals surface area contributed by atoms with Crippen LogP contribution in [-0.2, 0) is 4.79 Å². The Balaban J connectivity index is 1.85. The molecule has 1 saturated carbocycles. The fraction of sp³-hybridized carbons (Fsp3) is 0.385. The van der Waals surface area contributed by atoms with E-state index >= 15 is 0 Å². The van der Waals surface area contributed by atoms with Crippen LogP contribution in [0.4, 0.5) is 10.1 Å². The Bertz CT molecular complexity index is 651. The third-order valence-electron chi connectivity index (χ3n) is 3.76. The molecule has 0 radical (unpaired) electrons. The lowest BCUT2D eigenvalue weighted by molar-refractivity contribution is -0.121. The molecule has 7 nitrogen and oxygen atoms in total. The third kappa shape index (κ3) is 2.62. The second kappa shape index (κ2) is 5.21. The van der Waals surface area contributed by atoms with Gasteiger partial charge in [-0.1, -0.05) is 12.8 Å². The van der Waals surface area contributed by atoms with Crippen molar-refractivity contribution in [1.29, 1.82) is 0 Å². The average Bonchev–Trinajstić information content (AvgIpc) is 3.13. The van der Waals surface area contributed by atoms with Gasteiger partial charge in [-0.2, -0.15) is 0 Å². The van der Waals surface area contributed by atoms with Gasteiger partial charge in [0.1, 0.15) is 12.1 Å². The summed E-state index contributed by atoms with van der Waals surface area (Å²) in [5.41, 5.74) is 5.78. The van der Waals surface area contributed by atoms with Gasteiger partial charge in [-0.15, -0.1) is 5.10 Å². The molecule has 0 spiro atoms. The van der Waals surface area contributed by atoms with Gasteiger partial charge in [0.05, 0.1) is 16.9 Å². The molecule has 0 unspecified atom stereocenters. The quantitative estimate of drug-likeness (QED) is 0.879. The number of carbonyl (C=O) groups excluding carboxylic acids is 1. The van der Waals surface area contributed by atoms with Crippen molar-refractivity contribution >= 4 is 11.6 Å². The van der Waals surface area contributed by atoms with Crippen LogP contribution in [-0.4, -0.2) is 31.7 Å². The smallest absolute Gasteiger partial charge is 0.244 e. The Hall–Kier alpha value is -2.35. The van der Waals surface area contributed by atoms with E-state index in [-0.39, 0.29) is 11.6 Å². The van der Waals surface area contributed by atoms with Gasteiger partial charge in [0, 0.05) is 0 Å². The van der Waals surface area contributed by atoms with Crippen LogP contribution in [0, 0.1) is 5.82 Å². The predicted molar refractivity (Wildman–Crippen MR) is 73.1 cm³/mol. The van der Waals surface area contributed by atoms with E-state index in [2.05, 4.69) is 20.8 Å². The van der Waals surface area contributed by atoms with Gasteiger partial charge in [-0.05, 0) is 41.5 Å². The minimum absolute atomic E-state index is 0.0738. The maximum atomic E-state index is 13.9. The molecule has 0 saturated heterocycles. The maximum Gasteiger partial charge on any atom is 0.244 e. The lowest BCUT2D eigenvalue weighted by atomic mass is 9.98. The van der Waals surface area contributed by atoms with Gasteiger partial charge in [0.25, 0.3) is 0 Å². The van der Waals surface area contributed by atoms with Gasteiger partial charge in [-0.25, -0.2) is 9.07 Å². The van der Waals surface area contributed by atoms with E-state index in [1.54, 1.807) is 0 Å². The Morgan fingerprint density at radius 3 is 2.81 bits per heavy atom. The summed E-state index contributed by atoms with van der Waals surface area (Å²) >= 11 is 0. The predicted octanol–water partition coefficient (Wildman–Crippen LogP) is 1.01. The van der Waals surface area contributed by atoms with Gasteiger partial charge in [0.2, 0.25) is 5.91 Å². The van der Waals surface area contributed by atoms with E-state index in [1.807, 2.05) is 0 Å². The molecular weight excluding hydrogens is 275 g/mol. The summed E-state index contributed by atoms with van der Waals surface area (Å²) in [6.45, 7) is 0. The zero-order valence-electron chi connectivity index (χ0n) is 11.3. The number of nitrogens with two attached hydrogens (primary N) is 1. The molecule has 0 aliphatic heterocycles. The van der Waals surface area contributed by atoms with Gasteiger partial charge in [0.15, 0.2) is 0 Å². The van der Waals surface area contributed by atoms with Crippen molar-refractivity contribution in [3.63, 3.8) is 0 Å². The van der Waals surface area contributed by atoms with Crippen LogP contribution in [0.2, 0.25) is 0 Å². The monoisotopic (exact) mass is 290 g/mol. The first-order valence-electron chi connectivity index (χ1n) is 6.72. The van der Waals surface area contributed by atoms with Gasteiger partial charge >= 0.3 is 0 Å². The van der Waals surface area contributed by atoms with Crippen molar-refractivity contribution in [3.8, 4) is 5.69 Å². The Kier molecular flexibility index (Phi) is 3.38. The van der Waals surface area contributed by atoms with Crippen LogP contribution in [0.3, 0.4) is 0 Å². The molecule has 110 valence electrons. The first kappa shape index (κ1) is 13.6. The number of anilines is 1. The third-order valence-corrected chi connectivity index (χ3v) is 3.76. The second-order valence-corrected chi connectivity index (χ2v) is 5.24. The van der Waals surface area contributed by atoms with E-state index in [9.17, 15) is 9.18 Å². The Labute approximate surface area is 120 Å². The zero-order chi connectivity index (χ0) is 14.9. The first-order chi connectivity index (χ1) is 10.1. The molecule has 1 aromatic carbocycles. The summed E-state index contributed by atoms with van der Waals surface area (Å²) in [6.07, 6.45) is 4.45. The summed E-state index contributed by atoms with van der Waals surface area (Å²) in [7, 11) is 0. The molecule has 2 aromatic rings. The highest BCUT2D eigenvalue weighted by atomic mass is 19.1.